The van der Waals surface area contributed by atoms with Gasteiger partial charge < -0.3 is 0 Å². The molecule has 0 fully saturated rings. The van der Waals surface area contributed by atoms with Crippen LogP contribution in [-0.4, -0.2) is 11.5 Å². The summed E-state index contributed by atoms with van der Waals surface area (Å²) in [5.74, 6) is 0. The quantitative estimate of drug-likeness (QED) is 0.483. The highest BCUT2D eigenvalue weighted by molar-refractivity contribution is 5.22. The van der Waals surface area contributed by atoms with Crippen molar-refractivity contribution in [1.82, 2.24) is 4.98 Å². The fourth-order valence-electron chi connectivity index (χ4n) is 1.09. The Morgan fingerprint density at radius 1 is 1.40 bits per heavy atom. The average molecular weight is 132 g/mol. The third-order valence-corrected chi connectivity index (χ3v) is 1.57. The number of pyridine rings is 1. The van der Waals surface area contributed by atoms with Crippen molar-refractivity contribution < 1.29 is 0 Å². The summed E-state index contributed by atoms with van der Waals surface area (Å²) in [6, 6.07) is 3.99. The van der Waals surface area contributed by atoms with E-state index in [2.05, 4.69) is 16.1 Å². The van der Waals surface area contributed by atoms with Crippen LogP contribution >= 0.6 is 0 Å². The van der Waals surface area contributed by atoms with E-state index < -0.39 is 0 Å². The van der Waals surface area contributed by atoms with Crippen molar-refractivity contribution in [1.29, 1.82) is 0 Å². The summed E-state index contributed by atoms with van der Waals surface area (Å²) in [4.78, 5) is 8.37. The fourth-order valence-corrected chi connectivity index (χ4v) is 1.09. The second-order valence-corrected chi connectivity index (χ2v) is 2.29. The first-order valence-corrected chi connectivity index (χ1v) is 3.42. The van der Waals surface area contributed by atoms with Crippen molar-refractivity contribution in [3.63, 3.8) is 0 Å². The summed E-state index contributed by atoms with van der Waals surface area (Å²) >= 11 is 0. The van der Waals surface area contributed by atoms with Gasteiger partial charge in [0.2, 0.25) is 0 Å². The Balaban J connectivity index is 2.84. The Labute approximate surface area is 58.9 Å². The van der Waals surface area contributed by atoms with Gasteiger partial charge in [0.05, 0.1) is 0 Å². The van der Waals surface area contributed by atoms with Crippen molar-refractivity contribution >= 4 is 6.08 Å². The van der Waals surface area contributed by atoms with E-state index in [0.29, 0.717) is 0 Å². The van der Waals surface area contributed by atoms with Gasteiger partial charge in [-0.1, -0.05) is 6.08 Å². The van der Waals surface area contributed by atoms with Gasteiger partial charge in [-0.15, -0.1) is 0 Å². The molecule has 0 saturated heterocycles. The van der Waals surface area contributed by atoms with Gasteiger partial charge in [-0.05, 0) is 18.6 Å². The number of hydrogen-bond donors (Lipinski definition) is 0. The lowest BCUT2D eigenvalue weighted by Gasteiger charge is -1.95. The molecule has 2 heteroatoms. The molecule has 0 radical (unpaired) electrons. The average Bonchev–Trinajstić information content (AvgIpc) is 2.05. The van der Waals surface area contributed by atoms with Crippen LogP contribution in [-0.2, 0) is 0 Å². The van der Waals surface area contributed by atoms with E-state index in [0.717, 1.165) is 18.5 Å². The number of fused-ring (bicyclic) bond motifs is 1. The van der Waals surface area contributed by atoms with E-state index in [1.165, 1.54) is 5.22 Å². The van der Waals surface area contributed by atoms with Crippen LogP contribution in [0, 0.1) is 0 Å². The molecule has 2 nitrogen and oxygen atoms in total. The van der Waals surface area contributed by atoms with Crippen LogP contribution in [0.15, 0.2) is 23.3 Å². The van der Waals surface area contributed by atoms with Gasteiger partial charge in [0.15, 0.2) is 5.49 Å². The van der Waals surface area contributed by atoms with E-state index >= 15 is 0 Å². The van der Waals surface area contributed by atoms with Crippen LogP contribution in [0.25, 0.3) is 6.08 Å². The molecular weight excluding hydrogens is 124 g/mol. The van der Waals surface area contributed by atoms with Crippen LogP contribution in [0.5, 0.6) is 0 Å². The third-order valence-electron chi connectivity index (χ3n) is 1.57. The zero-order valence-electron chi connectivity index (χ0n) is 5.62. The highest BCUT2D eigenvalue weighted by Gasteiger charge is 1.91. The van der Waals surface area contributed by atoms with E-state index in [4.69, 9.17) is 0 Å². The predicted molar refractivity (Wildman–Crippen MR) is 39.0 cm³/mol. The summed E-state index contributed by atoms with van der Waals surface area (Å²) < 4.78 is 0. The Kier molecular flexibility index (Phi) is 1.24. The minimum Gasteiger partial charge on any atom is -0.266 e. The number of nitrogens with zero attached hydrogens (tertiary/aromatic N) is 2. The van der Waals surface area contributed by atoms with Crippen molar-refractivity contribution in [3.8, 4) is 0 Å². The maximum atomic E-state index is 4.25. The van der Waals surface area contributed by atoms with Gasteiger partial charge in [-0.3, -0.25) is 4.99 Å². The lowest BCUT2D eigenvalue weighted by molar-refractivity contribution is 0.918. The van der Waals surface area contributed by atoms with Gasteiger partial charge in [-0.2, -0.15) is 0 Å². The molecule has 0 saturated carbocycles. The first-order valence-electron chi connectivity index (χ1n) is 3.42. The van der Waals surface area contributed by atoms with Gasteiger partial charge >= 0.3 is 0 Å². The van der Waals surface area contributed by atoms with Crippen LogP contribution in [0.3, 0.4) is 0 Å². The van der Waals surface area contributed by atoms with Crippen LogP contribution in [0.4, 0.5) is 0 Å². The molecule has 1 aromatic heterocycles. The number of aromatic nitrogens is 1. The predicted octanol–water partition coefficient (Wildman–Crippen LogP) is -0.115. The van der Waals surface area contributed by atoms with Crippen molar-refractivity contribution in [3.05, 3.63) is 29.0 Å². The summed E-state index contributed by atoms with van der Waals surface area (Å²) in [6.45, 7) is 0.893. The fraction of sp³-hybridized carbons (Fsp3) is 0.250. The maximum Gasteiger partial charge on any atom is 0.154 e. The largest absolute Gasteiger partial charge is 0.266 e. The zero-order chi connectivity index (χ0) is 6.81. The smallest absolute Gasteiger partial charge is 0.154 e. The van der Waals surface area contributed by atoms with Gasteiger partial charge in [0.1, 0.15) is 0 Å². The third kappa shape index (κ3) is 0.817. The van der Waals surface area contributed by atoms with Crippen LogP contribution < -0.4 is 10.7 Å². The zero-order valence-corrected chi connectivity index (χ0v) is 5.62. The van der Waals surface area contributed by atoms with Crippen LogP contribution in [0.2, 0.25) is 0 Å². The number of hydrogen-bond acceptors (Lipinski definition) is 2. The molecule has 50 valence electrons. The lowest BCUT2D eigenvalue weighted by Crippen LogP contribution is -2.30. The normalized spacial score (nSPS) is 14.8. The first-order chi connectivity index (χ1) is 4.97. The van der Waals surface area contributed by atoms with Crippen molar-refractivity contribution in [2.45, 2.75) is 6.42 Å². The highest BCUT2D eigenvalue weighted by Crippen LogP contribution is 1.83. The van der Waals surface area contributed by atoms with Gasteiger partial charge in [0, 0.05) is 18.0 Å². The first kappa shape index (κ1) is 5.59. The second-order valence-electron chi connectivity index (χ2n) is 2.29. The Bertz CT molecular complexity index is 306. The molecule has 0 N–H and O–H groups in total. The Morgan fingerprint density at radius 2 is 2.40 bits per heavy atom. The molecule has 0 unspecified atom stereocenters. The molecule has 0 bridgehead atoms. The topological polar surface area (TPSA) is 25.2 Å². The molecule has 2 heterocycles. The molecular formula is C8H8N2. The van der Waals surface area contributed by atoms with Crippen LogP contribution in [0.1, 0.15) is 6.42 Å². The highest BCUT2D eigenvalue weighted by atomic mass is 14.8. The monoisotopic (exact) mass is 132 g/mol. The molecule has 10 heavy (non-hydrogen) atoms. The molecule has 0 aliphatic carbocycles. The number of rotatable bonds is 0. The molecule has 0 atom stereocenters. The van der Waals surface area contributed by atoms with Crippen molar-refractivity contribution in [2.75, 3.05) is 6.54 Å². The van der Waals surface area contributed by atoms with E-state index in [1.807, 2.05) is 12.1 Å². The molecule has 2 rings (SSSR count). The van der Waals surface area contributed by atoms with Gasteiger partial charge in [0.25, 0.3) is 0 Å². The van der Waals surface area contributed by atoms with Crippen molar-refractivity contribution in [2.24, 2.45) is 4.99 Å². The van der Waals surface area contributed by atoms with E-state index in [1.54, 1.807) is 6.20 Å². The SMILES string of the molecule is C1=c2cccnc2=NCC1. The molecule has 1 aliphatic rings. The lowest BCUT2D eigenvalue weighted by atomic mass is 10.2. The molecule has 1 aromatic rings. The minimum absolute atomic E-state index is 0.893. The molecule has 0 aromatic carbocycles. The summed E-state index contributed by atoms with van der Waals surface area (Å²) in [5.41, 5.74) is 0.897. The summed E-state index contributed by atoms with van der Waals surface area (Å²) in [5, 5.41) is 1.17. The molecule has 0 amide bonds. The molecule has 0 spiro atoms. The summed E-state index contributed by atoms with van der Waals surface area (Å²) in [6.07, 6.45) is 5.01. The van der Waals surface area contributed by atoms with Gasteiger partial charge in [-0.25, -0.2) is 4.98 Å². The van der Waals surface area contributed by atoms with E-state index in [9.17, 15) is 0 Å². The van der Waals surface area contributed by atoms with E-state index in [-0.39, 0.29) is 0 Å². The second kappa shape index (κ2) is 2.21. The summed E-state index contributed by atoms with van der Waals surface area (Å²) in [7, 11) is 0. The Hall–Kier alpha value is -1.18. The Morgan fingerprint density at radius 3 is 3.30 bits per heavy atom. The standard InChI is InChI=1S/C8H8N2/c1-3-7-4-2-6-10-8(7)9-5-1/h1,3-5H,2,6H2. The maximum absolute atomic E-state index is 4.25. The molecule has 1 aliphatic heterocycles. The minimum atomic E-state index is 0.893.